The highest BCUT2D eigenvalue weighted by Crippen LogP contribution is 2.80. The maximum Gasteiger partial charge on any atom is 0.306 e. The molecule has 0 aliphatic heterocycles. The highest BCUT2D eigenvalue weighted by atomic mass is 16.4. The molecular weight excluding hydrogens is 312 g/mol. The van der Waals surface area contributed by atoms with Gasteiger partial charge in [-0.05, 0) is 85.4 Å². The molecule has 0 amide bonds. The first-order chi connectivity index (χ1) is 11.8. The van der Waals surface area contributed by atoms with Gasteiger partial charge < -0.3 is 5.11 Å². The summed E-state index contributed by atoms with van der Waals surface area (Å²) in [7, 11) is 0. The van der Waals surface area contributed by atoms with Gasteiger partial charge >= 0.3 is 5.97 Å². The summed E-state index contributed by atoms with van der Waals surface area (Å²) >= 11 is 0. The van der Waals surface area contributed by atoms with Crippen molar-refractivity contribution in [3.63, 3.8) is 0 Å². The van der Waals surface area contributed by atoms with Crippen molar-refractivity contribution in [2.45, 2.75) is 72.1 Å². The third-order valence-corrected chi connectivity index (χ3v) is 10.4. The third kappa shape index (κ3) is 1.69. The molecule has 5 aliphatic rings. The van der Waals surface area contributed by atoms with Gasteiger partial charge in [0.25, 0.3) is 0 Å². The second-order valence-electron chi connectivity index (χ2n) is 10.7. The van der Waals surface area contributed by atoms with Crippen LogP contribution in [0, 0.1) is 51.8 Å². The first kappa shape index (κ1) is 16.3. The molecular formula is C22H32O3. The van der Waals surface area contributed by atoms with Gasteiger partial charge in [0.2, 0.25) is 0 Å². The van der Waals surface area contributed by atoms with Crippen molar-refractivity contribution in [3.05, 3.63) is 0 Å². The number of hydrogen-bond acceptors (Lipinski definition) is 2. The molecule has 25 heavy (non-hydrogen) atoms. The summed E-state index contributed by atoms with van der Waals surface area (Å²) in [5, 5.41) is 9.57. The summed E-state index contributed by atoms with van der Waals surface area (Å²) < 4.78 is 0. The maximum absolute atomic E-state index is 13.2. The van der Waals surface area contributed by atoms with Crippen molar-refractivity contribution in [2.24, 2.45) is 51.8 Å². The number of carboxylic acid groups (broad SMARTS) is 1. The Morgan fingerprint density at radius 1 is 1.12 bits per heavy atom. The molecule has 1 spiro atoms. The highest BCUT2D eigenvalue weighted by Gasteiger charge is 2.77. The Hall–Kier alpha value is -0.860. The Balaban J connectivity index is 1.49. The Morgan fingerprint density at radius 2 is 1.88 bits per heavy atom. The predicted octanol–water partition coefficient (Wildman–Crippen LogP) is 4.55. The SMILES string of the molecule is CC(C(=O)O)C1CCC2C3CC(=O)C45CC4CCC5(C)C3CCC12C. The maximum atomic E-state index is 13.2. The topological polar surface area (TPSA) is 54.4 Å². The lowest BCUT2D eigenvalue weighted by Crippen LogP contribution is -2.55. The highest BCUT2D eigenvalue weighted by molar-refractivity contribution is 5.91. The Kier molecular flexibility index (Phi) is 3.07. The molecule has 5 fully saturated rings. The van der Waals surface area contributed by atoms with E-state index in [1.54, 1.807) is 0 Å². The molecule has 0 saturated heterocycles. The molecule has 0 heterocycles. The number of Topliss-reactive ketones (excluding diaryl/α,β-unsaturated/α-hetero) is 1. The average Bonchev–Trinajstić information content (AvgIpc) is 3.09. The Morgan fingerprint density at radius 3 is 2.56 bits per heavy atom. The second-order valence-corrected chi connectivity index (χ2v) is 10.7. The molecule has 9 unspecified atom stereocenters. The monoisotopic (exact) mass is 344 g/mol. The van der Waals surface area contributed by atoms with Gasteiger partial charge in [0.05, 0.1) is 5.92 Å². The van der Waals surface area contributed by atoms with Crippen LogP contribution in [0.1, 0.15) is 72.1 Å². The van der Waals surface area contributed by atoms with E-state index in [-0.39, 0.29) is 28.1 Å². The number of rotatable bonds is 2. The molecule has 5 rings (SSSR count). The summed E-state index contributed by atoms with van der Waals surface area (Å²) in [4.78, 5) is 24.9. The van der Waals surface area contributed by atoms with Gasteiger partial charge in [-0.3, -0.25) is 9.59 Å². The van der Waals surface area contributed by atoms with E-state index in [1.807, 2.05) is 6.92 Å². The van der Waals surface area contributed by atoms with Crippen molar-refractivity contribution in [1.82, 2.24) is 0 Å². The Labute approximate surface area is 150 Å². The van der Waals surface area contributed by atoms with Crippen molar-refractivity contribution < 1.29 is 14.7 Å². The standard InChI is InChI=1S/C22H32O3/c1-12(19(24)25)15-4-5-16-14-10-18(23)22-11-13(22)6-9-21(22,3)17(14)7-8-20(15,16)2/h12-17H,4-11H2,1-3H3,(H,24,25). The van der Waals surface area contributed by atoms with Crippen LogP contribution in [-0.2, 0) is 9.59 Å². The minimum absolute atomic E-state index is 0.0638. The van der Waals surface area contributed by atoms with E-state index in [9.17, 15) is 14.7 Å². The zero-order valence-corrected chi connectivity index (χ0v) is 15.9. The minimum Gasteiger partial charge on any atom is -0.481 e. The van der Waals surface area contributed by atoms with Crippen LogP contribution >= 0.6 is 0 Å². The van der Waals surface area contributed by atoms with Gasteiger partial charge in [0, 0.05) is 11.8 Å². The van der Waals surface area contributed by atoms with Crippen LogP contribution in [-0.4, -0.2) is 16.9 Å². The van der Waals surface area contributed by atoms with E-state index in [0.29, 0.717) is 29.5 Å². The molecule has 0 radical (unpaired) electrons. The van der Waals surface area contributed by atoms with E-state index < -0.39 is 5.97 Å². The zero-order valence-electron chi connectivity index (χ0n) is 15.9. The van der Waals surface area contributed by atoms with Crippen LogP contribution in [0.5, 0.6) is 0 Å². The molecule has 3 heteroatoms. The molecule has 5 aliphatic carbocycles. The first-order valence-corrected chi connectivity index (χ1v) is 10.5. The lowest BCUT2D eigenvalue weighted by atomic mass is 9.45. The van der Waals surface area contributed by atoms with E-state index in [2.05, 4.69) is 13.8 Å². The number of carbonyl (C=O) groups excluding carboxylic acids is 1. The van der Waals surface area contributed by atoms with E-state index in [0.717, 1.165) is 19.3 Å². The van der Waals surface area contributed by atoms with Gasteiger partial charge in [0.1, 0.15) is 5.78 Å². The summed E-state index contributed by atoms with van der Waals surface area (Å²) in [6, 6.07) is 0. The first-order valence-electron chi connectivity index (χ1n) is 10.5. The van der Waals surface area contributed by atoms with Gasteiger partial charge in [-0.25, -0.2) is 0 Å². The van der Waals surface area contributed by atoms with Crippen LogP contribution in [0.25, 0.3) is 0 Å². The van der Waals surface area contributed by atoms with Gasteiger partial charge in [0.15, 0.2) is 0 Å². The summed E-state index contributed by atoms with van der Waals surface area (Å²) in [6.07, 6.45) is 9.06. The van der Waals surface area contributed by atoms with Crippen molar-refractivity contribution in [3.8, 4) is 0 Å². The molecule has 138 valence electrons. The fourth-order valence-electron chi connectivity index (χ4n) is 9.04. The number of ketones is 1. The van der Waals surface area contributed by atoms with Gasteiger partial charge in [-0.2, -0.15) is 0 Å². The number of fused-ring (bicyclic) bond motifs is 4. The second kappa shape index (κ2) is 4.70. The summed E-state index contributed by atoms with van der Waals surface area (Å²) in [6.45, 7) is 6.71. The van der Waals surface area contributed by atoms with E-state index >= 15 is 0 Å². The molecule has 9 atom stereocenters. The lowest BCUT2D eigenvalue weighted by Gasteiger charge is -2.58. The molecule has 0 aromatic carbocycles. The van der Waals surface area contributed by atoms with E-state index in [4.69, 9.17) is 0 Å². The summed E-state index contributed by atoms with van der Waals surface area (Å²) in [5.41, 5.74) is 0.436. The van der Waals surface area contributed by atoms with E-state index in [1.165, 1.54) is 32.1 Å². The van der Waals surface area contributed by atoms with Crippen LogP contribution in [0.3, 0.4) is 0 Å². The third-order valence-electron chi connectivity index (χ3n) is 10.4. The van der Waals surface area contributed by atoms with Gasteiger partial charge in [-0.15, -0.1) is 0 Å². The zero-order chi connectivity index (χ0) is 17.8. The number of hydrogen-bond donors (Lipinski definition) is 1. The smallest absolute Gasteiger partial charge is 0.306 e. The van der Waals surface area contributed by atoms with Crippen LogP contribution in [0.4, 0.5) is 0 Å². The normalized spacial score (nSPS) is 57.2. The largest absolute Gasteiger partial charge is 0.481 e. The van der Waals surface area contributed by atoms with Crippen LogP contribution in [0.2, 0.25) is 0 Å². The summed E-state index contributed by atoms with van der Waals surface area (Å²) in [5.74, 6) is 2.45. The predicted molar refractivity (Wildman–Crippen MR) is 94.8 cm³/mol. The van der Waals surface area contributed by atoms with Crippen LogP contribution < -0.4 is 0 Å². The molecule has 3 nitrogen and oxygen atoms in total. The molecule has 0 aromatic heterocycles. The Bertz CT molecular complexity index is 656. The molecule has 5 saturated carbocycles. The van der Waals surface area contributed by atoms with Crippen molar-refractivity contribution >= 4 is 11.8 Å². The number of carbonyl (C=O) groups is 2. The number of aliphatic carboxylic acids is 1. The quantitative estimate of drug-likeness (QED) is 0.800. The lowest BCUT2D eigenvalue weighted by molar-refractivity contribution is -0.155. The van der Waals surface area contributed by atoms with Crippen molar-refractivity contribution in [1.29, 1.82) is 0 Å². The van der Waals surface area contributed by atoms with Gasteiger partial charge in [-0.1, -0.05) is 20.8 Å². The fourth-order valence-corrected chi connectivity index (χ4v) is 9.04. The molecule has 0 bridgehead atoms. The van der Waals surface area contributed by atoms with Crippen molar-refractivity contribution in [2.75, 3.05) is 0 Å². The molecule has 0 aromatic rings. The van der Waals surface area contributed by atoms with Crippen LogP contribution in [0.15, 0.2) is 0 Å². The average molecular weight is 344 g/mol. The number of carboxylic acids is 1. The molecule has 1 N–H and O–H groups in total. The fraction of sp³-hybridized carbons (Fsp3) is 0.909. The minimum atomic E-state index is -0.642.